The van der Waals surface area contributed by atoms with Gasteiger partial charge in [0, 0.05) is 11.3 Å². The summed E-state index contributed by atoms with van der Waals surface area (Å²) in [6.45, 7) is 2.15. The van der Waals surface area contributed by atoms with E-state index >= 15 is 0 Å². The van der Waals surface area contributed by atoms with Crippen LogP contribution in [-0.4, -0.2) is 51.6 Å². The number of amides is 2. The molecule has 0 fully saturated rings. The van der Waals surface area contributed by atoms with E-state index in [4.69, 9.17) is 0 Å². The van der Waals surface area contributed by atoms with Gasteiger partial charge in [-0.1, -0.05) is 48.5 Å². The third-order valence-corrected chi connectivity index (χ3v) is 6.61. The smallest absolute Gasteiger partial charge is 0.249 e. The van der Waals surface area contributed by atoms with Crippen LogP contribution in [-0.2, 0) is 22.6 Å². The number of fused-ring (bicyclic) bond motifs is 2. The lowest BCUT2D eigenvalue weighted by atomic mass is 10.0. The minimum atomic E-state index is -0.600. The van der Waals surface area contributed by atoms with Crippen molar-refractivity contribution in [3.05, 3.63) is 71.8 Å². The minimum absolute atomic E-state index is 0.112. The molecule has 0 saturated heterocycles. The molecule has 9 nitrogen and oxygen atoms in total. The summed E-state index contributed by atoms with van der Waals surface area (Å²) in [5.41, 5.74) is 3.83. The number of nitrogens with zero attached hydrogens (tertiary/aromatic N) is 4. The molecular formula is C26H27N7O2. The number of H-pyrrole nitrogens is 1. The molecule has 2 atom stereocenters. The zero-order valence-corrected chi connectivity index (χ0v) is 19.7. The summed E-state index contributed by atoms with van der Waals surface area (Å²) in [6, 6.07) is 19.1. The molecule has 0 aliphatic carbocycles. The van der Waals surface area contributed by atoms with E-state index in [9.17, 15) is 9.59 Å². The maximum atomic E-state index is 13.8. The van der Waals surface area contributed by atoms with E-state index in [-0.39, 0.29) is 17.9 Å². The van der Waals surface area contributed by atoms with Crippen molar-refractivity contribution in [2.75, 3.05) is 11.9 Å². The van der Waals surface area contributed by atoms with Crippen LogP contribution < -0.4 is 15.5 Å². The number of aromatic amines is 1. The Labute approximate surface area is 202 Å². The number of benzene rings is 3. The highest BCUT2D eigenvalue weighted by Gasteiger charge is 2.32. The molecule has 1 aliphatic heterocycles. The lowest BCUT2D eigenvalue weighted by Gasteiger charge is -2.27. The van der Waals surface area contributed by atoms with Crippen LogP contribution in [0.5, 0.6) is 0 Å². The molecule has 1 aliphatic rings. The number of aryl methyl sites for hydroxylation is 1. The number of tetrazole rings is 1. The molecule has 1 unspecified atom stereocenters. The summed E-state index contributed by atoms with van der Waals surface area (Å²) in [5.74, 6) is 0.283. The normalized spacial score (nSPS) is 16.6. The van der Waals surface area contributed by atoms with Gasteiger partial charge in [-0.3, -0.25) is 9.59 Å². The van der Waals surface area contributed by atoms with E-state index in [2.05, 4.69) is 31.3 Å². The number of carbonyl (C=O) groups is 2. The van der Waals surface area contributed by atoms with Gasteiger partial charge in [-0.2, -0.15) is 0 Å². The number of hydrogen-bond donors (Lipinski definition) is 3. The number of anilines is 1. The van der Waals surface area contributed by atoms with Crippen molar-refractivity contribution >= 4 is 28.3 Å². The van der Waals surface area contributed by atoms with E-state index < -0.39 is 6.04 Å². The lowest BCUT2D eigenvalue weighted by Crippen LogP contribution is -2.52. The highest BCUT2D eigenvalue weighted by atomic mass is 16.2. The zero-order chi connectivity index (χ0) is 24.4. The first kappa shape index (κ1) is 22.7. The second kappa shape index (κ2) is 9.63. The van der Waals surface area contributed by atoms with Gasteiger partial charge in [0.25, 0.3) is 0 Å². The molecule has 4 aromatic rings. The molecule has 2 heterocycles. The molecule has 9 heteroatoms. The Hall–Kier alpha value is -4.11. The average Bonchev–Trinajstić information content (AvgIpc) is 3.40. The SMILES string of the molecule is CNC(C)C(=O)N[C@H]1CCc2ccccc2N(Cc2cccc3ccc(-c4nnn[nH]4)cc23)C1=O. The summed E-state index contributed by atoms with van der Waals surface area (Å²) in [5, 5.41) is 22.1. The summed E-state index contributed by atoms with van der Waals surface area (Å²) < 4.78 is 0. The molecule has 0 radical (unpaired) electrons. The molecule has 5 rings (SSSR count). The van der Waals surface area contributed by atoms with Crippen molar-refractivity contribution in [1.82, 2.24) is 31.3 Å². The number of hydrogen-bond acceptors (Lipinski definition) is 6. The van der Waals surface area contributed by atoms with Crippen molar-refractivity contribution in [2.45, 2.75) is 38.4 Å². The quantitative estimate of drug-likeness (QED) is 0.400. The molecule has 178 valence electrons. The van der Waals surface area contributed by atoms with Gasteiger partial charge in [-0.05, 0) is 71.3 Å². The Kier molecular flexibility index (Phi) is 6.24. The van der Waals surface area contributed by atoms with Gasteiger partial charge in [0.15, 0.2) is 5.82 Å². The Balaban J connectivity index is 1.53. The third-order valence-electron chi connectivity index (χ3n) is 6.61. The van der Waals surface area contributed by atoms with Crippen molar-refractivity contribution < 1.29 is 9.59 Å². The van der Waals surface area contributed by atoms with Crippen molar-refractivity contribution in [1.29, 1.82) is 0 Å². The first-order valence-electron chi connectivity index (χ1n) is 11.7. The molecule has 0 saturated carbocycles. The van der Waals surface area contributed by atoms with Crippen molar-refractivity contribution in [2.24, 2.45) is 0 Å². The van der Waals surface area contributed by atoms with Gasteiger partial charge in [-0.25, -0.2) is 5.10 Å². The summed E-state index contributed by atoms with van der Waals surface area (Å²) in [4.78, 5) is 28.2. The van der Waals surface area contributed by atoms with E-state index in [1.807, 2.05) is 60.7 Å². The van der Waals surface area contributed by atoms with Crippen LogP contribution in [0, 0.1) is 0 Å². The van der Waals surface area contributed by atoms with Gasteiger partial charge >= 0.3 is 0 Å². The lowest BCUT2D eigenvalue weighted by molar-refractivity contribution is -0.128. The highest BCUT2D eigenvalue weighted by Crippen LogP contribution is 2.31. The summed E-state index contributed by atoms with van der Waals surface area (Å²) in [6.07, 6.45) is 1.25. The molecule has 0 bridgehead atoms. The van der Waals surface area contributed by atoms with E-state index in [1.165, 1.54) is 0 Å². The molecular weight excluding hydrogens is 442 g/mol. The van der Waals surface area contributed by atoms with Gasteiger partial charge < -0.3 is 15.5 Å². The van der Waals surface area contributed by atoms with Crippen LogP contribution in [0.1, 0.15) is 24.5 Å². The fraction of sp³-hybridized carbons (Fsp3) is 0.269. The number of likely N-dealkylation sites (N-methyl/N-ethyl adjacent to an activating group) is 1. The van der Waals surface area contributed by atoms with Gasteiger partial charge in [0.05, 0.1) is 12.6 Å². The van der Waals surface area contributed by atoms with Crippen molar-refractivity contribution in [3.8, 4) is 11.4 Å². The van der Waals surface area contributed by atoms with Gasteiger partial charge in [0.1, 0.15) is 6.04 Å². The number of para-hydroxylation sites is 1. The maximum absolute atomic E-state index is 13.8. The first-order chi connectivity index (χ1) is 17.0. The Morgan fingerprint density at radius 1 is 1.17 bits per heavy atom. The number of aromatic nitrogens is 4. The fourth-order valence-electron chi connectivity index (χ4n) is 4.51. The molecule has 0 spiro atoms. The van der Waals surface area contributed by atoms with Crippen LogP contribution in [0.3, 0.4) is 0 Å². The topological polar surface area (TPSA) is 116 Å². The molecule has 35 heavy (non-hydrogen) atoms. The van der Waals surface area contributed by atoms with Crippen LogP contribution in [0.4, 0.5) is 5.69 Å². The Morgan fingerprint density at radius 2 is 2.03 bits per heavy atom. The Morgan fingerprint density at radius 3 is 2.83 bits per heavy atom. The molecule has 3 N–H and O–H groups in total. The average molecular weight is 470 g/mol. The summed E-state index contributed by atoms with van der Waals surface area (Å²) in [7, 11) is 1.73. The van der Waals surface area contributed by atoms with Crippen molar-refractivity contribution in [3.63, 3.8) is 0 Å². The number of carbonyl (C=O) groups excluding carboxylic acids is 2. The van der Waals surface area contributed by atoms with Crippen LogP contribution in [0.15, 0.2) is 60.7 Å². The van der Waals surface area contributed by atoms with E-state index in [1.54, 1.807) is 18.9 Å². The number of nitrogens with one attached hydrogen (secondary N) is 3. The Bertz CT molecular complexity index is 1370. The van der Waals surface area contributed by atoms with Crippen LogP contribution in [0.25, 0.3) is 22.2 Å². The third kappa shape index (κ3) is 4.50. The predicted octanol–water partition coefficient (Wildman–Crippen LogP) is 2.59. The largest absolute Gasteiger partial charge is 0.343 e. The monoisotopic (exact) mass is 469 g/mol. The summed E-state index contributed by atoms with van der Waals surface area (Å²) >= 11 is 0. The maximum Gasteiger partial charge on any atom is 0.249 e. The minimum Gasteiger partial charge on any atom is -0.343 e. The van der Waals surface area contributed by atoms with Gasteiger partial charge in [0.2, 0.25) is 11.8 Å². The number of rotatable bonds is 6. The first-order valence-corrected chi connectivity index (χ1v) is 11.7. The molecule has 3 aromatic carbocycles. The highest BCUT2D eigenvalue weighted by molar-refractivity contribution is 6.01. The van der Waals surface area contributed by atoms with Gasteiger partial charge in [-0.15, -0.1) is 5.10 Å². The predicted molar refractivity (Wildman–Crippen MR) is 134 cm³/mol. The second-order valence-electron chi connectivity index (χ2n) is 8.77. The standard InChI is InChI=1S/C26H27N7O2/c1-16(27-2)25(34)28-22-13-12-18-6-3-4-9-23(18)33(26(22)35)15-20-8-5-7-17-10-11-19(14-21(17)20)24-29-31-32-30-24/h3-11,14,16,22,27H,12-13,15H2,1-2H3,(H,28,34)(H,29,30,31,32)/t16?,22-/m0/s1. The molecule has 2 amide bonds. The van der Waals surface area contributed by atoms with Crippen LogP contribution in [0.2, 0.25) is 0 Å². The second-order valence-corrected chi connectivity index (χ2v) is 8.77. The zero-order valence-electron chi connectivity index (χ0n) is 19.7. The molecule has 1 aromatic heterocycles. The van der Waals surface area contributed by atoms with Crippen LogP contribution >= 0.6 is 0 Å². The van der Waals surface area contributed by atoms with E-state index in [0.29, 0.717) is 25.2 Å². The fourth-order valence-corrected chi connectivity index (χ4v) is 4.51. The van der Waals surface area contributed by atoms with E-state index in [0.717, 1.165) is 33.2 Å².